The van der Waals surface area contributed by atoms with Gasteiger partial charge in [-0.25, -0.2) is 0 Å². The Bertz CT molecular complexity index is 908. The van der Waals surface area contributed by atoms with Gasteiger partial charge in [0, 0.05) is 17.9 Å². The fourth-order valence-electron chi connectivity index (χ4n) is 2.11. The Hall–Kier alpha value is -2.48. The fourth-order valence-corrected chi connectivity index (χ4v) is 2.75. The molecule has 29 heavy (non-hydrogen) atoms. The van der Waals surface area contributed by atoms with Crippen LogP contribution in [0.2, 0.25) is 15.1 Å². The first-order chi connectivity index (χ1) is 13.8. The Balaban J connectivity index is 1.72. The maximum atomic E-state index is 12.0. The van der Waals surface area contributed by atoms with Crippen LogP contribution in [-0.2, 0) is 14.4 Å². The summed E-state index contributed by atoms with van der Waals surface area (Å²) < 4.78 is 5.44. The van der Waals surface area contributed by atoms with Crippen molar-refractivity contribution >= 4 is 58.2 Å². The maximum absolute atomic E-state index is 12.0. The molecule has 1 atom stereocenters. The molecule has 0 fully saturated rings. The van der Waals surface area contributed by atoms with Gasteiger partial charge in [-0.15, -0.1) is 0 Å². The fraction of sp³-hybridized carbons (Fsp3) is 0.211. The molecule has 0 aliphatic rings. The van der Waals surface area contributed by atoms with Gasteiger partial charge in [0.2, 0.25) is 11.8 Å². The van der Waals surface area contributed by atoms with E-state index < -0.39 is 23.8 Å². The van der Waals surface area contributed by atoms with Gasteiger partial charge in [0.15, 0.2) is 6.10 Å². The van der Waals surface area contributed by atoms with Crippen molar-refractivity contribution in [3.8, 4) is 5.75 Å². The molecule has 0 aliphatic heterocycles. The van der Waals surface area contributed by atoms with Crippen LogP contribution in [0.25, 0.3) is 0 Å². The highest BCUT2D eigenvalue weighted by Crippen LogP contribution is 2.25. The van der Waals surface area contributed by atoms with E-state index in [2.05, 4.69) is 16.2 Å². The van der Waals surface area contributed by atoms with Crippen LogP contribution < -0.4 is 20.9 Å². The summed E-state index contributed by atoms with van der Waals surface area (Å²) in [5.74, 6) is -1.18. The SMILES string of the molecule is CC(Oc1ccccc1Cl)C(=O)NNC(=O)CCC(=O)Nc1ccc(Cl)cc1Cl. The number of hydrazine groups is 1. The van der Waals surface area contributed by atoms with Crippen LogP contribution in [0.5, 0.6) is 5.75 Å². The average Bonchev–Trinajstić information content (AvgIpc) is 2.68. The Morgan fingerprint density at radius 3 is 2.31 bits per heavy atom. The minimum absolute atomic E-state index is 0.105. The van der Waals surface area contributed by atoms with Crippen LogP contribution in [0.15, 0.2) is 42.5 Å². The number of rotatable bonds is 7. The van der Waals surface area contributed by atoms with Crippen molar-refractivity contribution in [2.24, 2.45) is 0 Å². The Morgan fingerprint density at radius 2 is 1.62 bits per heavy atom. The van der Waals surface area contributed by atoms with E-state index in [0.717, 1.165) is 0 Å². The standard InChI is InChI=1S/C19H18Cl3N3O4/c1-11(29-16-5-3-2-4-13(16)21)19(28)25-24-18(27)9-8-17(26)23-15-7-6-12(20)10-14(15)22/h2-7,10-11H,8-9H2,1H3,(H,23,26)(H,24,27)(H,25,28). The average molecular weight is 459 g/mol. The zero-order chi connectivity index (χ0) is 21.4. The molecule has 7 nitrogen and oxygen atoms in total. The molecule has 0 aliphatic carbocycles. The number of para-hydroxylation sites is 1. The number of carbonyl (C=O) groups is 3. The van der Waals surface area contributed by atoms with E-state index in [0.29, 0.717) is 21.5 Å². The largest absolute Gasteiger partial charge is 0.479 e. The molecule has 2 aromatic rings. The summed E-state index contributed by atoms with van der Waals surface area (Å²) in [6.45, 7) is 1.51. The van der Waals surface area contributed by atoms with E-state index in [-0.39, 0.29) is 17.9 Å². The summed E-state index contributed by atoms with van der Waals surface area (Å²) >= 11 is 17.7. The first-order valence-corrected chi connectivity index (χ1v) is 9.64. The van der Waals surface area contributed by atoms with E-state index in [1.165, 1.54) is 13.0 Å². The second-order valence-electron chi connectivity index (χ2n) is 5.90. The van der Waals surface area contributed by atoms with Gasteiger partial charge < -0.3 is 10.1 Å². The van der Waals surface area contributed by atoms with Gasteiger partial charge in [0.1, 0.15) is 5.75 Å². The summed E-state index contributed by atoms with van der Waals surface area (Å²) in [6, 6.07) is 11.3. The van der Waals surface area contributed by atoms with Gasteiger partial charge in [-0.05, 0) is 37.3 Å². The number of hydrogen-bond acceptors (Lipinski definition) is 4. The van der Waals surface area contributed by atoms with Crippen LogP contribution in [0, 0.1) is 0 Å². The Morgan fingerprint density at radius 1 is 0.931 bits per heavy atom. The van der Waals surface area contributed by atoms with Crippen molar-refractivity contribution in [3.05, 3.63) is 57.5 Å². The van der Waals surface area contributed by atoms with E-state index >= 15 is 0 Å². The van der Waals surface area contributed by atoms with Crippen molar-refractivity contribution in [1.82, 2.24) is 10.9 Å². The Kier molecular flexibility index (Phi) is 8.57. The molecule has 2 rings (SSSR count). The number of nitrogens with one attached hydrogen (secondary N) is 3. The zero-order valence-electron chi connectivity index (χ0n) is 15.3. The van der Waals surface area contributed by atoms with Crippen molar-refractivity contribution in [3.63, 3.8) is 0 Å². The lowest BCUT2D eigenvalue weighted by molar-refractivity contribution is -0.133. The molecule has 0 heterocycles. The van der Waals surface area contributed by atoms with Gasteiger partial charge >= 0.3 is 0 Å². The second-order valence-corrected chi connectivity index (χ2v) is 7.15. The highest BCUT2D eigenvalue weighted by molar-refractivity contribution is 6.36. The third-order valence-corrected chi connectivity index (χ3v) is 4.48. The molecule has 0 spiro atoms. The van der Waals surface area contributed by atoms with Crippen LogP contribution in [0.1, 0.15) is 19.8 Å². The van der Waals surface area contributed by atoms with Crippen LogP contribution in [0.4, 0.5) is 5.69 Å². The molecule has 0 saturated heterocycles. The van der Waals surface area contributed by atoms with E-state index in [4.69, 9.17) is 39.5 Å². The summed E-state index contributed by atoms with van der Waals surface area (Å²) in [6.07, 6.45) is -1.14. The zero-order valence-corrected chi connectivity index (χ0v) is 17.6. The summed E-state index contributed by atoms with van der Waals surface area (Å²) in [4.78, 5) is 35.8. The number of benzene rings is 2. The molecular formula is C19H18Cl3N3O4. The summed E-state index contributed by atoms with van der Waals surface area (Å²) in [5.41, 5.74) is 4.85. The molecule has 3 N–H and O–H groups in total. The highest BCUT2D eigenvalue weighted by Gasteiger charge is 2.17. The van der Waals surface area contributed by atoms with E-state index in [1.807, 2.05) is 0 Å². The molecule has 1 unspecified atom stereocenters. The molecule has 154 valence electrons. The minimum Gasteiger partial charge on any atom is -0.479 e. The van der Waals surface area contributed by atoms with Crippen molar-refractivity contribution in [2.45, 2.75) is 25.9 Å². The maximum Gasteiger partial charge on any atom is 0.279 e. The predicted molar refractivity (Wildman–Crippen MR) is 112 cm³/mol. The van der Waals surface area contributed by atoms with Gasteiger partial charge in [0.05, 0.1) is 15.7 Å². The lowest BCUT2D eigenvalue weighted by atomic mass is 10.2. The summed E-state index contributed by atoms with van der Waals surface area (Å²) in [5, 5.41) is 3.67. The normalized spacial score (nSPS) is 11.3. The number of anilines is 1. The molecule has 2 aromatic carbocycles. The monoisotopic (exact) mass is 457 g/mol. The molecule has 0 saturated carbocycles. The van der Waals surface area contributed by atoms with Gasteiger partial charge in [-0.1, -0.05) is 46.9 Å². The van der Waals surface area contributed by atoms with E-state index in [1.54, 1.807) is 36.4 Å². The number of amides is 3. The second kappa shape index (κ2) is 10.9. The molecular weight excluding hydrogens is 441 g/mol. The predicted octanol–water partition coefficient (Wildman–Crippen LogP) is 3.98. The molecule has 0 bridgehead atoms. The first kappa shape index (κ1) is 22.8. The van der Waals surface area contributed by atoms with Gasteiger partial charge in [-0.3, -0.25) is 25.2 Å². The first-order valence-electron chi connectivity index (χ1n) is 8.51. The summed E-state index contributed by atoms with van der Waals surface area (Å²) in [7, 11) is 0. The number of carbonyl (C=O) groups excluding carboxylic acids is 3. The number of halogens is 3. The minimum atomic E-state index is -0.898. The molecule has 10 heteroatoms. The van der Waals surface area contributed by atoms with Crippen LogP contribution in [0.3, 0.4) is 0 Å². The topological polar surface area (TPSA) is 96.5 Å². The third-order valence-electron chi connectivity index (χ3n) is 3.62. The quantitative estimate of drug-likeness (QED) is 0.547. The number of hydrogen-bond donors (Lipinski definition) is 3. The van der Waals surface area contributed by atoms with Crippen LogP contribution in [-0.4, -0.2) is 23.8 Å². The van der Waals surface area contributed by atoms with Crippen LogP contribution >= 0.6 is 34.8 Å². The highest BCUT2D eigenvalue weighted by atomic mass is 35.5. The Labute approximate surface area is 182 Å². The molecule has 3 amide bonds. The van der Waals surface area contributed by atoms with Crippen molar-refractivity contribution in [2.75, 3.05) is 5.32 Å². The van der Waals surface area contributed by atoms with E-state index in [9.17, 15) is 14.4 Å². The van der Waals surface area contributed by atoms with Crippen molar-refractivity contribution in [1.29, 1.82) is 0 Å². The smallest absolute Gasteiger partial charge is 0.279 e. The molecule has 0 aromatic heterocycles. The van der Waals surface area contributed by atoms with Crippen molar-refractivity contribution < 1.29 is 19.1 Å². The van der Waals surface area contributed by atoms with Gasteiger partial charge in [0.25, 0.3) is 5.91 Å². The third kappa shape index (κ3) is 7.45. The lowest BCUT2D eigenvalue weighted by Gasteiger charge is -2.16. The van der Waals surface area contributed by atoms with Gasteiger partial charge in [-0.2, -0.15) is 0 Å². The lowest BCUT2D eigenvalue weighted by Crippen LogP contribution is -2.47. The molecule has 0 radical (unpaired) electrons. The number of ether oxygens (including phenoxy) is 1.